The first-order chi connectivity index (χ1) is 13.6. The zero-order valence-electron chi connectivity index (χ0n) is 19.9. The zero-order chi connectivity index (χ0) is 21.0. The molecule has 4 rings (SSSR count). The second-order valence-electron chi connectivity index (χ2n) is 12.7. The first-order valence-corrected chi connectivity index (χ1v) is 13.0. The third-order valence-electron chi connectivity index (χ3n) is 11.0. The number of rotatable bonds is 5. The van der Waals surface area contributed by atoms with Crippen LogP contribution in [0, 0.1) is 46.3 Å². The molecular formula is C27H48O2. The maximum Gasteiger partial charge on any atom is 0.0961 e. The van der Waals surface area contributed by atoms with Gasteiger partial charge in [-0.05, 0) is 85.9 Å². The predicted molar refractivity (Wildman–Crippen MR) is 121 cm³/mol. The molecule has 0 aliphatic heterocycles. The van der Waals surface area contributed by atoms with Crippen LogP contribution in [0.2, 0.25) is 0 Å². The minimum Gasteiger partial charge on any atom is -0.390 e. The molecule has 2 heteroatoms. The lowest BCUT2D eigenvalue weighted by Crippen LogP contribution is -2.67. The van der Waals surface area contributed by atoms with Crippen LogP contribution in [-0.2, 0) is 0 Å². The van der Waals surface area contributed by atoms with Gasteiger partial charge in [-0.15, -0.1) is 0 Å². The molecule has 29 heavy (non-hydrogen) atoms. The van der Waals surface area contributed by atoms with Crippen LogP contribution in [0.25, 0.3) is 0 Å². The van der Waals surface area contributed by atoms with E-state index >= 15 is 0 Å². The largest absolute Gasteiger partial charge is 0.390 e. The van der Waals surface area contributed by atoms with Gasteiger partial charge in [0.1, 0.15) is 0 Å². The Morgan fingerprint density at radius 2 is 1.62 bits per heavy atom. The van der Waals surface area contributed by atoms with Gasteiger partial charge in [0.05, 0.1) is 11.7 Å². The van der Waals surface area contributed by atoms with Crippen molar-refractivity contribution < 1.29 is 10.2 Å². The van der Waals surface area contributed by atoms with Gasteiger partial charge in [0.25, 0.3) is 0 Å². The number of aliphatic hydroxyl groups excluding tert-OH is 1. The van der Waals surface area contributed by atoms with E-state index in [1.54, 1.807) is 0 Å². The van der Waals surface area contributed by atoms with E-state index < -0.39 is 11.7 Å². The van der Waals surface area contributed by atoms with E-state index in [2.05, 4.69) is 34.6 Å². The first kappa shape index (κ1) is 22.1. The molecule has 2 N–H and O–H groups in total. The highest BCUT2D eigenvalue weighted by Gasteiger charge is 2.66. The van der Waals surface area contributed by atoms with Gasteiger partial charge in [-0.3, -0.25) is 0 Å². The molecule has 4 fully saturated rings. The molecule has 168 valence electrons. The maximum absolute atomic E-state index is 11.6. The summed E-state index contributed by atoms with van der Waals surface area (Å²) in [7, 11) is 0. The van der Waals surface area contributed by atoms with E-state index in [0.717, 1.165) is 49.4 Å². The topological polar surface area (TPSA) is 40.5 Å². The van der Waals surface area contributed by atoms with Crippen LogP contribution in [0.5, 0.6) is 0 Å². The number of fused-ring (bicyclic) bond motifs is 5. The van der Waals surface area contributed by atoms with Crippen molar-refractivity contribution >= 4 is 0 Å². The summed E-state index contributed by atoms with van der Waals surface area (Å²) < 4.78 is 0. The van der Waals surface area contributed by atoms with Gasteiger partial charge >= 0.3 is 0 Å². The van der Waals surface area contributed by atoms with Gasteiger partial charge in [-0.2, -0.15) is 0 Å². The summed E-state index contributed by atoms with van der Waals surface area (Å²) in [6.07, 6.45) is 14.1. The summed E-state index contributed by atoms with van der Waals surface area (Å²) in [6, 6.07) is 0. The fourth-order valence-electron chi connectivity index (χ4n) is 9.33. The Hall–Kier alpha value is -0.0800. The molecule has 0 saturated heterocycles. The Morgan fingerprint density at radius 1 is 0.897 bits per heavy atom. The molecule has 0 aromatic carbocycles. The van der Waals surface area contributed by atoms with Crippen LogP contribution >= 0.6 is 0 Å². The Kier molecular flexibility index (Phi) is 5.95. The second kappa shape index (κ2) is 7.80. The van der Waals surface area contributed by atoms with Crippen molar-refractivity contribution in [3.05, 3.63) is 0 Å². The minimum atomic E-state index is -0.831. The third kappa shape index (κ3) is 3.34. The summed E-state index contributed by atoms with van der Waals surface area (Å²) in [5.41, 5.74) is -0.448. The van der Waals surface area contributed by atoms with Crippen molar-refractivity contribution in [1.82, 2.24) is 0 Å². The standard InChI is InChI=1S/C27H48O2/c1-18(2)9-8-10-19(3)21-11-12-22-20-17-24(28)27(29)15-7-6-14-26(27,5)23(20)13-16-25(21,22)4/h18-24,28-29H,6-17H2,1-5H3. The summed E-state index contributed by atoms with van der Waals surface area (Å²) in [5, 5.41) is 22.8. The minimum absolute atomic E-state index is 0.0735. The summed E-state index contributed by atoms with van der Waals surface area (Å²) >= 11 is 0. The Labute approximate surface area is 180 Å². The van der Waals surface area contributed by atoms with Gasteiger partial charge in [-0.1, -0.05) is 66.7 Å². The number of hydrogen-bond acceptors (Lipinski definition) is 2. The maximum atomic E-state index is 11.6. The second-order valence-corrected chi connectivity index (χ2v) is 12.7. The van der Waals surface area contributed by atoms with Crippen LogP contribution in [0.15, 0.2) is 0 Å². The normalized spacial score (nSPS) is 50.7. The first-order valence-electron chi connectivity index (χ1n) is 13.0. The van der Waals surface area contributed by atoms with E-state index in [0.29, 0.717) is 17.3 Å². The van der Waals surface area contributed by atoms with Crippen LogP contribution < -0.4 is 0 Å². The van der Waals surface area contributed by atoms with Crippen LogP contribution in [0.3, 0.4) is 0 Å². The average Bonchev–Trinajstić information content (AvgIpc) is 3.01. The quantitative estimate of drug-likeness (QED) is 0.543. The predicted octanol–water partition coefficient (Wildman–Crippen LogP) is 6.58. The highest BCUT2D eigenvalue weighted by molar-refractivity contribution is 5.16. The molecule has 0 radical (unpaired) electrons. The molecule has 0 amide bonds. The monoisotopic (exact) mass is 404 g/mol. The van der Waals surface area contributed by atoms with Crippen molar-refractivity contribution in [3.63, 3.8) is 0 Å². The lowest BCUT2D eigenvalue weighted by Gasteiger charge is -2.65. The SMILES string of the molecule is CC(C)CCCC(C)C1CCC2C3CC(O)C4(O)CCCCC4(C)C3CCC12C. The van der Waals surface area contributed by atoms with Gasteiger partial charge in [0.15, 0.2) is 0 Å². The Morgan fingerprint density at radius 3 is 2.34 bits per heavy atom. The van der Waals surface area contributed by atoms with Crippen LogP contribution in [0.1, 0.15) is 112 Å². The summed E-state index contributed by atoms with van der Waals surface area (Å²) in [6.45, 7) is 12.2. The lowest BCUT2D eigenvalue weighted by molar-refractivity contribution is -0.253. The van der Waals surface area contributed by atoms with Crippen molar-refractivity contribution in [2.75, 3.05) is 0 Å². The molecule has 9 unspecified atom stereocenters. The van der Waals surface area contributed by atoms with Crippen molar-refractivity contribution in [1.29, 1.82) is 0 Å². The van der Waals surface area contributed by atoms with E-state index in [4.69, 9.17) is 0 Å². The number of aliphatic hydroxyl groups is 2. The molecule has 0 spiro atoms. The van der Waals surface area contributed by atoms with Gasteiger partial charge in [0.2, 0.25) is 0 Å². The Balaban J connectivity index is 1.53. The summed E-state index contributed by atoms with van der Waals surface area (Å²) in [5.74, 6) is 4.51. The van der Waals surface area contributed by atoms with Crippen molar-refractivity contribution in [3.8, 4) is 0 Å². The molecule has 9 atom stereocenters. The average molecular weight is 405 g/mol. The molecular weight excluding hydrogens is 356 g/mol. The Bertz CT molecular complexity index is 587. The molecule has 2 nitrogen and oxygen atoms in total. The van der Waals surface area contributed by atoms with E-state index in [1.165, 1.54) is 51.4 Å². The van der Waals surface area contributed by atoms with Crippen LogP contribution in [0.4, 0.5) is 0 Å². The van der Waals surface area contributed by atoms with Gasteiger partial charge < -0.3 is 10.2 Å². The fourth-order valence-corrected chi connectivity index (χ4v) is 9.33. The highest BCUT2D eigenvalue weighted by atomic mass is 16.3. The molecule has 4 aliphatic rings. The van der Waals surface area contributed by atoms with Gasteiger partial charge in [-0.25, -0.2) is 0 Å². The van der Waals surface area contributed by atoms with Gasteiger partial charge in [0, 0.05) is 5.41 Å². The van der Waals surface area contributed by atoms with E-state index in [9.17, 15) is 10.2 Å². The molecule has 0 aromatic rings. The smallest absolute Gasteiger partial charge is 0.0961 e. The zero-order valence-corrected chi connectivity index (χ0v) is 19.9. The van der Waals surface area contributed by atoms with Crippen molar-refractivity contribution in [2.24, 2.45) is 46.3 Å². The van der Waals surface area contributed by atoms with E-state index in [-0.39, 0.29) is 5.41 Å². The van der Waals surface area contributed by atoms with E-state index in [1.807, 2.05) is 0 Å². The van der Waals surface area contributed by atoms with Crippen LogP contribution in [-0.4, -0.2) is 21.9 Å². The number of hydrogen-bond donors (Lipinski definition) is 2. The highest BCUT2D eigenvalue weighted by Crippen LogP contribution is 2.69. The molecule has 0 bridgehead atoms. The molecule has 4 aliphatic carbocycles. The third-order valence-corrected chi connectivity index (χ3v) is 11.0. The molecule has 0 heterocycles. The molecule has 0 aromatic heterocycles. The summed E-state index contributed by atoms with van der Waals surface area (Å²) in [4.78, 5) is 0. The van der Waals surface area contributed by atoms with Crippen molar-refractivity contribution in [2.45, 2.75) is 123 Å². The molecule has 4 saturated carbocycles. The lowest BCUT2D eigenvalue weighted by atomic mass is 9.42. The fraction of sp³-hybridized carbons (Fsp3) is 1.00.